The molecule has 2 bridgehead atoms. The number of hydrogen-bond donors (Lipinski definition) is 1. The Kier molecular flexibility index (Phi) is 6.77. The molecule has 1 heterocycles. The highest BCUT2D eigenvalue weighted by molar-refractivity contribution is 7.16. The molecule has 3 aliphatic carbocycles. The van der Waals surface area contributed by atoms with Crippen LogP contribution >= 0.6 is 11.3 Å². The number of carbonyl (C=O) groups is 2. The molecule has 0 radical (unpaired) electrons. The molecule has 4 rings (SSSR count). The second kappa shape index (κ2) is 9.51. The number of nitrogens with zero attached hydrogens (tertiary/aromatic N) is 1. The number of rotatable bonds is 3. The number of thiophene rings is 1. The molecule has 3 aliphatic rings. The van der Waals surface area contributed by atoms with Gasteiger partial charge < -0.3 is 15.2 Å². The van der Waals surface area contributed by atoms with E-state index >= 15 is 0 Å². The molecule has 0 aromatic carbocycles. The third-order valence-corrected chi connectivity index (χ3v) is 8.72. The Balaban J connectivity index is 1.55. The van der Waals surface area contributed by atoms with Gasteiger partial charge >= 0.3 is 0 Å². The summed E-state index contributed by atoms with van der Waals surface area (Å²) in [5.41, 5.74) is 1.72. The summed E-state index contributed by atoms with van der Waals surface area (Å²) in [7, 11) is 0. The summed E-state index contributed by atoms with van der Waals surface area (Å²) in [6.07, 6.45) is 14.2. The first kappa shape index (κ1) is 21.4. The average molecular weight is 428 g/mol. The molecule has 1 amide bonds. The Hall–Kier alpha value is -1.87. The van der Waals surface area contributed by atoms with Gasteiger partial charge in [0.05, 0.1) is 5.56 Å². The molecule has 0 unspecified atom stereocenters. The van der Waals surface area contributed by atoms with Crippen molar-refractivity contribution in [2.75, 3.05) is 5.32 Å². The Morgan fingerprint density at radius 1 is 0.933 bits per heavy atom. The van der Waals surface area contributed by atoms with Crippen molar-refractivity contribution in [3.63, 3.8) is 0 Å². The van der Waals surface area contributed by atoms with Crippen molar-refractivity contribution in [3.8, 4) is 6.07 Å². The van der Waals surface area contributed by atoms with Gasteiger partial charge in [-0.2, -0.15) is 5.26 Å². The van der Waals surface area contributed by atoms with Crippen molar-refractivity contribution in [3.05, 3.63) is 16.0 Å². The van der Waals surface area contributed by atoms with Crippen LogP contribution < -0.4 is 10.4 Å². The summed E-state index contributed by atoms with van der Waals surface area (Å²) >= 11 is 1.54. The zero-order valence-electron chi connectivity index (χ0n) is 17.6. The van der Waals surface area contributed by atoms with Gasteiger partial charge in [0.1, 0.15) is 11.1 Å². The van der Waals surface area contributed by atoms with E-state index in [1.54, 1.807) is 0 Å². The zero-order chi connectivity index (χ0) is 21.1. The summed E-state index contributed by atoms with van der Waals surface area (Å²) < 4.78 is 0. The lowest BCUT2D eigenvalue weighted by molar-refractivity contribution is -0.314. The molecule has 0 spiro atoms. The minimum atomic E-state index is -1.10. The molecule has 162 valence electrons. The Labute approximate surface area is 182 Å². The number of carboxylic acids is 1. The van der Waals surface area contributed by atoms with Gasteiger partial charge in [0.15, 0.2) is 0 Å². The number of nitrogens with one attached hydrogen (secondary N) is 1. The van der Waals surface area contributed by atoms with E-state index in [2.05, 4.69) is 11.4 Å². The van der Waals surface area contributed by atoms with Gasteiger partial charge in [-0.3, -0.25) is 4.79 Å². The van der Waals surface area contributed by atoms with Crippen LogP contribution in [0.25, 0.3) is 0 Å². The van der Waals surface area contributed by atoms with Gasteiger partial charge in [-0.05, 0) is 62.3 Å². The van der Waals surface area contributed by atoms with Crippen LogP contribution in [-0.4, -0.2) is 11.9 Å². The average Bonchev–Trinajstić information content (AvgIpc) is 3.41. The second-order valence-electron chi connectivity index (χ2n) is 9.34. The molecule has 4 atom stereocenters. The van der Waals surface area contributed by atoms with Crippen LogP contribution in [0.4, 0.5) is 5.00 Å². The maximum Gasteiger partial charge on any atom is 0.229 e. The SMILES string of the molecule is N#Cc1c(NC(=O)[C@H]2[C@H]3CC[C@@H](C3)[C@@H]2C(=O)[O-])sc2c1CCCCCCCCCC2. The molecule has 1 aromatic heterocycles. The lowest BCUT2D eigenvalue weighted by atomic mass is 9.79. The highest BCUT2D eigenvalue weighted by Crippen LogP contribution is 2.52. The number of carbonyl (C=O) groups excluding carboxylic acids is 2. The number of aliphatic carboxylic acids is 1. The van der Waals surface area contributed by atoms with Crippen LogP contribution in [0.2, 0.25) is 0 Å². The molecule has 6 heteroatoms. The largest absolute Gasteiger partial charge is 0.550 e. The van der Waals surface area contributed by atoms with Gasteiger partial charge in [0.25, 0.3) is 0 Å². The third-order valence-electron chi connectivity index (χ3n) is 7.51. The Morgan fingerprint density at radius 2 is 1.53 bits per heavy atom. The topological polar surface area (TPSA) is 93.0 Å². The summed E-state index contributed by atoms with van der Waals surface area (Å²) in [5.74, 6) is -2.34. The van der Waals surface area contributed by atoms with Gasteiger partial charge in [-0.25, -0.2) is 0 Å². The number of hydrogen-bond acceptors (Lipinski definition) is 5. The smallest absolute Gasteiger partial charge is 0.229 e. The maximum absolute atomic E-state index is 13.1. The highest BCUT2D eigenvalue weighted by Gasteiger charge is 2.51. The number of aryl methyl sites for hydroxylation is 1. The fourth-order valence-electron chi connectivity index (χ4n) is 6.04. The van der Waals surface area contributed by atoms with E-state index < -0.39 is 17.8 Å². The molecule has 2 saturated carbocycles. The fourth-order valence-corrected chi connectivity index (χ4v) is 7.28. The van der Waals surface area contributed by atoms with Crippen molar-refractivity contribution in [2.24, 2.45) is 23.7 Å². The minimum absolute atomic E-state index is 0.0649. The van der Waals surface area contributed by atoms with Gasteiger partial charge in [-0.1, -0.05) is 38.5 Å². The standard InChI is InChI=1S/C24H32N2O3S/c25-14-18-17-9-7-5-3-1-2-4-6-8-10-19(17)30-23(18)26-22(27)20-15-11-12-16(13-15)21(20)24(28)29/h15-16,20-21H,1-13H2,(H,26,27)(H,28,29)/p-1/t15-,16-,20-,21-/m0/s1. The molecular weight excluding hydrogens is 396 g/mol. The van der Waals surface area contributed by atoms with E-state index in [-0.39, 0.29) is 17.7 Å². The van der Waals surface area contributed by atoms with Crippen LogP contribution in [0, 0.1) is 35.0 Å². The van der Waals surface area contributed by atoms with Crippen molar-refractivity contribution >= 4 is 28.2 Å². The molecule has 1 aromatic rings. The first-order valence-electron chi connectivity index (χ1n) is 11.7. The summed E-state index contributed by atoms with van der Waals surface area (Å²) in [6.45, 7) is 0. The van der Waals surface area contributed by atoms with Crippen molar-refractivity contribution in [1.29, 1.82) is 5.26 Å². The van der Waals surface area contributed by atoms with Crippen molar-refractivity contribution in [2.45, 2.75) is 83.5 Å². The molecular formula is C24H31N2O3S-. The van der Waals surface area contributed by atoms with Gasteiger partial charge in [0.2, 0.25) is 5.91 Å². The lowest BCUT2D eigenvalue weighted by Gasteiger charge is -2.30. The highest BCUT2D eigenvalue weighted by atomic mass is 32.1. The summed E-state index contributed by atoms with van der Waals surface area (Å²) in [5, 5.41) is 25.2. The normalized spacial score (nSPS) is 29.3. The molecule has 0 saturated heterocycles. The van der Waals surface area contributed by atoms with E-state index in [1.807, 2.05) is 0 Å². The van der Waals surface area contributed by atoms with E-state index in [4.69, 9.17) is 0 Å². The van der Waals surface area contributed by atoms with Gasteiger partial charge in [0, 0.05) is 22.7 Å². The predicted octanol–water partition coefficient (Wildman–Crippen LogP) is 4.19. The van der Waals surface area contributed by atoms with Crippen LogP contribution in [0.3, 0.4) is 0 Å². The van der Waals surface area contributed by atoms with Crippen molar-refractivity contribution in [1.82, 2.24) is 0 Å². The van der Waals surface area contributed by atoms with Crippen LogP contribution in [0.5, 0.6) is 0 Å². The van der Waals surface area contributed by atoms with Crippen molar-refractivity contribution < 1.29 is 14.7 Å². The first-order valence-corrected chi connectivity index (χ1v) is 12.5. The fraction of sp³-hybridized carbons (Fsp3) is 0.708. The second-order valence-corrected chi connectivity index (χ2v) is 10.4. The first-order chi connectivity index (χ1) is 14.6. The summed E-state index contributed by atoms with van der Waals surface area (Å²) in [4.78, 5) is 26.1. The van der Waals surface area contributed by atoms with Gasteiger partial charge in [-0.15, -0.1) is 11.3 Å². The number of amides is 1. The molecule has 2 fully saturated rings. The van der Waals surface area contributed by atoms with E-state index in [0.29, 0.717) is 10.6 Å². The molecule has 0 aliphatic heterocycles. The van der Waals surface area contributed by atoms with E-state index in [0.717, 1.165) is 50.5 Å². The number of anilines is 1. The maximum atomic E-state index is 13.1. The number of fused-ring (bicyclic) bond motifs is 3. The quantitative estimate of drug-likeness (QED) is 0.783. The number of carboxylic acid groups (broad SMARTS) is 1. The Bertz CT molecular complexity index is 840. The van der Waals surface area contributed by atoms with Crippen LogP contribution in [0.15, 0.2) is 0 Å². The Morgan fingerprint density at radius 3 is 2.17 bits per heavy atom. The molecule has 30 heavy (non-hydrogen) atoms. The van der Waals surface area contributed by atoms with Crippen LogP contribution in [0.1, 0.15) is 86.6 Å². The minimum Gasteiger partial charge on any atom is -0.550 e. The predicted molar refractivity (Wildman–Crippen MR) is 115 cm³/mol. The monoisotopic (exact) mass is 427 g/mol. The van der Waals surface area contributed by atoms with E-state index in [9.17, 15) is 20.0 Å². The molecule has 1 N–H and O–H groups in total. The zero-order valence-corrected chi connectivity index (χ0v) is 18.4. The van der Waals surface area contributed by atoms with Crippen LogP contribution in [-0.2, 0) is 22.4 Å². The number of nitriles is 1. The third kappa shape index (κ3) is 4.27. The van der Waals surface area contributed by atoms with E-state index in [1.165, 1.54) is 54.7 Å². The summed E-state index contributed by atoms with van der Waals surface area (Å²) in [6, 6.07) is 2.35. The molecule has 5 nitrogen and oxygen atoms in total. The lowest BCUT2D eigenvalue weighted by Crippen LogP contribution is -2.43.